The normalized spacial score (nSPS) is 11.7. The van der Waals surface area contributed by atoms with E-state index >= 15 is 0 Å². The predicted molar refractivity (Wildman–Crippen MR) is 71.3 cm³/mol. The molecule has 0 spiro atoms. The van der Waals surface area contributed by atoms with E-state index in [9.17, 15) is 12.8 Å². The van der Waals surface area contributed by atoms with E-state index in [1.54, 1.807) is 7.11 Å². The van der Waals surface area contributed by atoms with Gasteiger partial charge in [0.05, 0.1) is 11.6 Å². The van der Waals surface area contributed by atoms with Crippen molar-refractivity contribution in [3.05, 3.63) is 29.0 Å². The van der Waals surface area contributed by atoms with Crippen LogP contribution in [-0.2, 0) is 14.8 Å². The zero-order valence-electron chi connectivity index (χ0n) is 10.4. The van der Waals surface area contributed by atoms with Gasteiger partial charge in [-0.3, -0.25) is 0 Å². The standard InChI is InChI=1S/C11H16ClFN2O3S/c1-18-8-7-14-5-6-15-19(16,17)11-9(12)3-2-4-10(11)13/h2-4,14-15H,5-8H2,1H3. The van der Waals surface area contributed by atoms with Crippen molar-refractivity contribution in [1.29, 1.82) is 0 Å². The van der Waals surface area contributed by atoms with Gasteiger partial charge in [-0.25, -0.2) is 17.5 Å². The summed E-state index contributed by atoms with van der Waals surface area (Å²) in [5, 5.41) is 2.82. The molecule has 0 aliphatic rings. The molecule has 108 valence electrons. The molecular formula is C11H16ClFN2O3S. The van der Waals surface area contributed by atoms with Gasteiger partial charge >= 0.3 is 0 Å². The van der Waals surface area contributed by atoms with Crippen LogP contribution in [0.15, 0.2) is 23.1 Å². The summed E-state index contributed by atoms with van der Waals surface area (Å²) < 4.78 is 44.3. The minimum atomic E-state index is -3.94. The second-order valence-corrected chi connectivity index (χ2v) is 5.80. The third-order valence-corrected chi connectivity index (χ3v) is 4.23. The van der Waals surface area contributed by atoms with Crippen LogP contribution in [0.3, 0.4) is 0 Å². The molecule has 0 heterocycles. The zero-order valence-corrected chi connectivity index (χ0v) is 12.0. The minimum Gasteiger partial charge on any atom is -0.383 e. The third-order valence-electron chi connectivity index (χ3n) is 2.26. The van der Waals surface area contributed by atoms with E-state index in [1.165, 1.54) is 12.1 Å². The van der Waals surface area contributed by atoms with Gasteiger partial charge in [-0.2, -0.15) is 0 Å². The van der Waals surface area contributed by atoms with Crippen LogP contribution >= 0.6 is 11.6 Å². The van der Waals surface area contributed by atoms with E-state index < -0.39 is 20.7 Å². The molecule has 0 fully saturated rings. The van der Waals surface area contributed by atoms with Crippen molar-refractivity contribution >= 4 is 21.6 Å². The van der Waals surface area contributed by atoms with Crippen molar-refractivity contribution in [3.63, 3.8) is 0 Å². The van der Waals surface area contributed by atoms with Gasteiger partial charge in [-0.05, 0) is 12.1 Å². The summed E-state index contributed by atoms with van der Waals surface area (Å²) in [7, 11) is -2.37. The lowest BCUT2D eigenvalue weighted by molar-refractivity contribution is 0.199. The van der Waals surface area contributed by atoms with Gasteiger partial charge in [-0.15, -0.1) is 0 Å². The quantitative estimate of drug-likeness (QED) is 0.703. The third kappa shape index (κ3) is 5.04. The summed E-state index contributed by atoms with van der Waals surface area (Å²) in [5.74, 6) is -0.868. The van der Waals surface area contributed by atoms with Crippen molar-refractivity contribution < 1.29 is 17.5 Å². The number of halogens is 2. The molecule has 0 radical (unpaired) electrons. The molecule has 0 aliphatic heterocycles. The Balaban J connectivity index is 2.57. The summed E-state index contributed by atoms with van der Waals surface area (Å²) in [6.07, 6.45) is 0. The number of methoxy groups -OCH3 is 1. The Labute approximate surface area is 117 Å². The Kier molecular flexibility index (Phi) is 6.67. The molecule has 0 unspecified atom stereocenters. The van der Waals surface area contributed by atoms with Gasteiger partial charge in [0, 0.05) is 26.7 Å². The van der Waals surface area contributed by atoms with Crippen LogP contribution in [0, 0.1) is 5.82 Å². The maximum absolute atomic E-state index is 13.5. The van der Waals surface area contributed by atoms with Gasteiger partial charge in [0.15, 0.2) is 0 Å². The molecule has 0 aliphatic carbocycles. The highest BCUT2D eigenvalue weighted by atomic mass is 35.5. The second-order valence-electron chi connectivity index (χ2n) is 3.69. The lowest BCUT2D eigenvalue weighted by Gasteiger charge is -2.09. The van der Waals surface area contributed by atoms with E-state index in [0.717, 1.165) is 6.07 Å². The van der Waals surface area contributed by atoms with Crippen molar-refractivity contribution in [1.82, 2.24) is 10.0 Å². The van der Waals surface area contributed by atoms with E-state index in [-0.39, 0.29) is 11.6 Å². The Hall–Kier alpha value is -0.730. The van der Waals surface area contributed by atoms with Crippen LogP contribution in [-0.4, -0.2) is 41.8 Å². The number of sulfonamides is 1. The lowest BCUT2D eigenvalue weighted by atomic mass is 10.3. The first-order chi connectivity index (χ1) is 8.99. The molecule has 2 N–H and O–H groups in total. The smallest absolute Gasteiger partial charge is 0.245 e. The van der Waals surface area contributed by atoms with Crippen LogP contribution in [0.4, 0.5) is 4.39 Å². The van der Waals surface area contributed by atoms with E-state index in [1.807, 2.05) is 0 Å². The Morgan fingerprint density at radius 3 is 2.68 bits per heavy atom. The van der Waals surface area contributed by atoms with Crippen molar-refractivity contribution in [2.24, 2.45) is 0 Å². The molecule has 5 nitrogen and oxygen atoms in total. The highest BCUT2D eigenvalue weighted by Gasteiger charge is 2.21. The summed E-state index contributed by atoms with van der Waals surface area (Å²) in [6, 6.07) is 3.73. The molecule has 0 aromatic heterocycles. The highest BCUT2D eigenvalue weighted by Crippen LogP contribution is 2.23. The van der Waals surface area contributed by atoms with Crippen LogP contribution in [0.1, 0.15) is 0 Å². The van der Waals surface area contributed by atoms with Gasteiger partial charge in [-0.1, -0.05) is 17.7 Å². The highest BCUT2D eigenvalue weighted by molar-refractivity contribution is 7.89. The first-order valence-electron chi connectivity index (χ1n) is 5.62. The van der Waals surface area contributed by atoms with Gasteiger partial charge in [0.1, 0.15) is 10.7 Å². The molecule has 1 aromatic rings. The molecule has 0 saturated heterocycles. The van der Waals surface area contributed by atoms with E-state index in [0.29, 0.717) is 19.7 Å². The first-order valence-corrected chi connectivity index (χ1v) is 7.48. The molecule has 0 bridgehead atoms. The predicted octanol–water partition coefficient (Wildman–Crippen LogP) is 0.993. The number of ether oxygens (including phenoxy) is 1. The van der Waals surface area contributed by atoms with Crippen molar-refractivity contribution in [2.45, 2.75) is 4.90 Å². The Morgan fingerprint density at radius 1 is 1.32 bits per heavy atom. The molecule has 0 saturated carbocycles. The number of rotatable bonds is 8. The second kappa shape index (κ2) is 7.76. The molecular weight excluding hydrogens is 295 g/mol. The fourth-order valence-corrected chi connectivity index (χ4v) is 3.02. The van der Waals surface area contributed by atoms with Gasteiger partial charge in [0.2, 0.25) is 10.0 Å². The van der Waals surface area contributed by atoms with Crippen LogP contribution in [0.5, 0.6) is 0 Å². The molecule has 19 heavy (non-hydrogen) atoms. The summed E-state index contributed by atoms with van der Waals surface area (Å²) in [6.45, 7) is 1.69. The van der Waals surface area contributed by atoms with Crippen LogP contribution in [0.2, 0.25) is 5.02 Å². The van der Waals surface area contributed by atoms with Crippen LogP contribution in [0.25, 0.3) is 0 Å². The van der Waals surface area contributed by atoms with Crippen molar-refractivity contribution in [2.75, 3.05) is 33.4 Å². The average Bonchev–Trinajstić information content (AvgIpc) is 2.33. The maximum atomic E-state index is 13.5. The topological polar surface area (TPSA) is 67.4 Å². The minimum absolute atomic E-state index is 0.136. The summed E-state index contributed by atoms with van der Waals surface area (Å²) >= 11 is 5.70. The van der Waals surface area contributed by atoms with Gasteiger partial charge < -0.3 is 10.1 Å². The Morgan fingerprint density at radius 2 is 2.05 bits per heavy atom. The molecule has 0 atom stereocenters. The number of hydrogen-bond donors (Lipinski definition) is 2. The monoisotopic (exact) mass is 310 g/mol. The summed E-state index contributed by atoms with van der Waals surface area (Å²) in [5.41, 5.74) is 0. The van der Waals surface area contributed by atoms with Crippen LogP contribution < -0.4 is 10.0 Å². The fourth-order valence-electron chi connectivity index (χ4n) is 1.38. The zero-order chi connectivity index (χ0) is 14.3. The largest absolute Gasteiger partial charge is 0.383 e. The summed E-state index contributed by atoms with van der Waals surface area (Å²) in [4.78, 5) is -0.520. The average molecular weight is 311 g/mol. The lowest BCUT2D eigenvalue weighted by Crippen LogP contribution is -2.33. The fraction of sp³-hybridized carbons (Fsp3) is 0.455. The SMILES string of the molecule is COCCNCCNS(=O)(=O)c1c(F)cccc1Cl. The maximum Gasteiger partial charge on any atom is 0.245 e. The number of benzene rings is 1. The van der Waals surface area contributed by atoms with Gasteiger partial charge in [0.25, 0.3) is 0 Å². The Bertz CT molecular complexity index is 490. The van der Waals surface area contributed by atoms with Crippen molar-refractivity contribution in [3.8, 4) is 0 Å². The number of nitrogens with one attached hydrogen (secondary N) is 2. The van der Waals surface area contributed by atoms with E-state index in [4.69, 9.17) is 16.3 Å². The molecule has 1 rings (SSSR count). The number of hydrogen-bond acceptors (Lipinski definition) is 4. The molecule has 1 aromatic carbocycles. The molecule has 0 amide bonds. The van der Waals surface area contributed by atoms with E-state index in [2.05, 4.69) is 10.0 Å². The first kappa shape index (κ1) is 16.3. The molecule has 8 heteroatoms.